The Hall–Kier alpha value is -5.14. The zero-order valence-corrected chi connectivity index (χ0v) is 30.1. The number of halogens is 1. The lowest BCUT2D eigenvalue weighted by Gasteiger charge is -2.34. The van der Waals surface area contributed by atoms with E-state index in [1.165, 1.54) is 30.3 Å². The van der Waals surface area contributed by atoms with Gasteiger partial charge in [0, 0.05) is 25.5 Å². The standard InChI is InChI=1S/C38H45FN6O8/c1-38(2,3)33(43-36(48)50-4)34(47)42-30(17-23-7-10-25(11-8-23)27-6-5-14-41-19-27)31(46)21-45(20-24-9-12-26(18-40)29(39)16-24)44-37(49)53-32-22-52-35-28(32)13-15-51-35/h5-12,14,16,19,28,30-33,35,46H,13,15,17,20-22H2,1-4H3,(H,42,47)(H,43,48)(H,44,49). The largest absolute Gasteiger partial charge is 0.453 e. The van der Waals surface area contributed by atoms with Crippen LogP contribution in [0.2, 0.25) is 0 Å². The Morgan fingerprint density at radius 2 is 1.83 bits per heavy atom. The Morgan fingerprint density at radius 3 is 2.49 bits per heavy atom. The van der Waals surface area contributed by atoms with E-state index in [4.69, 9.17) is 18.9 Å². The van der Waals surface area contributed by atoms with Crippen molar-refractivity contribution in [2.45, 2.75) is 70.7 Å². The topological polar surface area (TPSA) is 184 Å². The van der Waals surface area contributed by atoms with Crippen molar-refractivity contribution < 1.29 is 42.8 Å². The van der Waals surface area contributed by atoms with Crippen molar-refractivity contribution in [2.75, 3.05) is 26.9 Å². The number of rotatable bonds is 13. The van der Waals surface area contributed by atoms with Crippen LogP contribution in [0.4, 0.5) is 14.0 Å². The number of methoxy groups -OCH3 is 1. The SMILES string of the molecule is COC(=O)NC(C(=O)NC(Cc1ccc(-c2cccnc2)cc1)C(O)CN(Cc1ccc(C#N)c(F)c1)NC(=O)OC1COC2OCCC12)C(C)(C)C. The summed E-state index contributed by atoms with van der Waals surface area (Å²) in [4.78, 5) is 43.5. The average molecular weight is 733 g/mol. The molecule has 53 heavy (non-hydrogen) atoms. The summed E-state index contributed by atoms with van der Waals surface area (Å²) in [6.45, 7) is 5.63. The number of carbonyl (C=O) groups is 3. The smallest absolute Gasteiger partial charge is 0.422 e. The molecule has 2 aromatic carbocycles. The van der Waals surface area contributed by atoms with Crippen LogP contribution in [-0.4, -0.2) is 90.6 Å². The molecule has 3 heterocycles. The van der Waals surface area contributed by atoms with E-state index in [0.29, 0.717) is 18.6 Å². The molecule has 2 aliphatic heterocycles. The molecular weight excluding hydrogens is 687 g/mol. The van der Waals surface area contributed by atoms with Crippen molar-refractivity contribution in [3.63, 3.8) is 0 Å². The van der Waals surface area contributed by atoms with E-state index in [2.05, 4.69) is 21.0 Å². The maximum Gasteiger partial charge on any atom is 0.422 e. The number of hydrogen-bond donors (Lipinski definition) is 4. The Labute approximate surface area is 307 Å². The zero-order valence-electron chi connectivity index (χ0n) is 30.1. The van der Waals surface area contributed by atoms with Gasteiger partial charge >= 0.3 is 12.2 Å². The third-order valence-corrected chi connectivity index (χ3v) is 9.20. The lowest BCUT2D eigenvalue weighted by molar-refractivity contribution is -0.127. The number of nitriles is 1. The van der Waals surface area contributed by atoms with Crippen molar-refractivity contribution in [2.24, 2.45) is 11.3 Å². The normalized spacial score (nSPS) is 19.7. The number of aliphatic hydroxyl groups excluding tert-OH is 1. The maximum absolute atomic E-state index is 14.6. The molecule has 0 spiro atoms. The van der Waals surface area contributed by atoms with Crippen molar-refractivity contribution >= 4 is 18.1 Å². The van der Waals surface area contributed by atoms with Crippen LogP contribution in [0, 0.1) is 28.5 Å². The molecule has 2 fully saturated rings. The molecule has 0 bridgehead atoms. The van der Waals surface area contributed by atoms with Gasteiger partial charge in [0.2, 0.25) is 5.91 Å². The molecule has 0 radical (unpaired) electrons. The fourth-order valence-corrected chi connectivity index (χ4v) is 6.33. The molecule has 3 aromatic rings. The predicted molar refractivity (Wildman–Crippen MR) is 189 cm³/mol. The summed E-state index contributed by atoms with van der Waals surface area (Å²) >= 11 is 0. The summed E-state index contributed by atoms with van der Waals surface area (Å²) in [5, 5.41) is 27.9. The van der Waals surface area contributed by atoms with Gasteiger partial charge in [-0.15, -0.1) is 0 Å². The van der Waals surface area contributed by atoms with E-state index in [0.717, 1.165) is 16.7 Å². The fraction of sp³-hybridized carbons (Fsp3) is 0.447. The van der Waals surface area contributed by atoms with Crippen LogP contribution in [0.15, 0.2) is 67.0 Å². The van der Waals surface area contributed by atoms with Gasteiger partial charge in [0.25, 0.3) is 0 Å². The van der Waals surface area contributed by atoms with Gasteiger partial charge in [-0.05, 0) is 58.7 Å². The molecule has 0 saturated carbocycles. The second-order valence-corrected chi connectivity index (χ2v) is 14.1. The van der Waals surface area contributed by atoms with Gasteiger partial charge < -0.3 is 34.7 Å². The number of alkyl carbamates (subject to hydrolysis) is 1. The minimum absolute atomic E-state index is 0.0971. The Balaban J connectivity index is 1.39. The molecule has 2 aliphatic rings. The summed E-state index contributed by atoms with van der Waals surface area (Å²) in [5.41, 5.74) is 4.78. The molecule has 0 aliphatic carbocycles. The highest BCUT2D eigenvalue weighted by Gasteiger charge is 2.44. The lowest BCUT2D eigenvalue weighted by Crippen LogP contribution is -2.59. The molecule has 14 nitrogen and oxygen atoms in total. The summed E-state index contributed by atoms with van der Waals surface area (Å²) in [6, 6.07) is 15.2. The molecule has 5 rings (SSSR count). The minimum atomic E-state index is -1.33. The first-order valence-corrected chi connectivity index (χ1v) is 17.3. The maximum atomic E-state index is 14.6. The van der Waals surface area contributed by atoms with Crippen LogP contribution in [0.5, 0.6) is 0 Å². The van der Waals surface area contributed by atoms with Gasteiger partial charge in [-0.25, -0.2) is 19.0 Å². The Bertz CT molecular complexity index is 1770. The Morgan fingerprint density at radius 1 is 1.08 bits per heavy atom. The number of carbonyl (C=O) groups excluding carboxylic acids is 3. The molecular formula is C38H45FN6O8. The highest BCUT2D eigenvalue weighted by molar-refractivity contribution is 5.86. The average Bonchev–Trinajstić information content (AvgIpc) is 3.75. The highest BCUT2D eigenvalue weighted by atomic mass is 19.1. The van der Waals surface area contributed by atoms with Crippen LogP contribution < -0.4 is 16.1 Å². The van der Waals surface area contributed by atoms with Gasteiger partial charge in [0.1, 0.15) is 24.0 Å². The molecule has 1 aromatic heterocycles. The quantitative estimate of drug-likeness (QED) is 0.187. The summed E-state index contributed by atoms with van der Waals surface area (Å²) in [7, 11) is 1.20. The van der Waals surface area contributed by atoms with E-state index < -0.39 is 59.9 Å². The van der Waals surface area contributed by atoms with Crippen LogP contribution in [-0.2, 0) is 36.7 Å². The van der Waals surface area contributed by atoms with Crippen molar-refractivity contribution in [1.29, 1.82) is 5.26 Å². The first-order valence-electron chi connectivity index (χ1n) is 17.3. The van der Waals surface area contributed by atoms with Crippen molar-refractivity contribution in [3.05, 3.63) is 89.5 Å². The zero-order chi connectivity index (χ0) is 38.1. The number of aromatic nitrogens is 1. The number of benzene rings is 2. The molecule has 2 saturated heterocycles. The summed E-state index contributed by atoms with van der Waals surface area (Å²) in [6.07, 6.45) is 0.299. The molecule has 6 atom stereocenters. The molecule has 4 N–H and O–H groups in total. The number of nitrogens with one attached hydrogen (secondary N) is 3. The number of hydrogen-bond acceptors (Lipinski definition) is 11. The monoisotopic (exact) mass is 732 g/mol. The van der Waals surface area contributed by atoms with Crippen LogP contribution in [0.3, 0.4) is 0 Å². The van der Waals surface area contributed by atoms with Gasteiger partial charge in [-0.2, -0.15) is 5.26 Å². The van der Waals surface area contributed by atoms with Gasteiger partial charge in [0.15, 0.2) is 6.29 Å². The first-order chi connectivity index (χ1) is 25.3. The Kier molecular flexibility index (Phi) is 13.0. The second-order valence-electron chi connectivity index (χ2n) is 14.1. The van der Waals surface area contributed by atoms with E-state index in [-0.39, 0.29) is 37.6 Å². The predicted octanol–water partition coefficient (Wildman–Crippen LogP) is 3.82. The van der Waals surface area contributed by atoms with Crippen LogP contribution >= 0.6 is 0 Å². The number of pyridine rings is 1. The van der Waals surface area contributed by atoms with Gasteiger partial charge in [-0.1, -0.05) is 57.2 Å². The van der Waals surface area contributed by atoms with E-state index >= 15 is 0 Å². The van der Waals surface area contributed by atoms with E-state index in [1.807, 2.05) is 36.4 Å². The number of nitrogens with zero attached hydrogens (tertiary/aromatic N) is 3. The van der Waals surface area contributed by atoms with E-state index in [9.17, 15) is 29.1 Å². The van der Waals surface area contributed by atoms with Gasteiger partial charge in [-0.3, -0.25) is 15.2 Å². The number of aliphatic hydroxyl groups is 1. The number of ether oxygens (including phenoxy) is 4. The third-order valence-electron chi connectivity index (χ3n) is 9.20. The van der Waals surface area contributed by atoms with Gasteiger partial charge in [0.05, 0.1) is 44.0 Å². The number of amides is 3. The van der Waals surface area contributed by atoms with Crippen LogP contribution in [0.25, 0.3) is 11.1 Å². The third kappa shape index (κ3) is 10.5. The lowest BCUT2D eigenvalue weighted by atomic mass is 9.85. The van der Waals surface area contributed by atoms with Crippen LogP contribution in [0.1, 0.15) is 43.9 Å². The second kappa shape index (κ2) is 17.6. The van der Waals surface area contributed by atoms with Crippen molar-refractivity contribution in [3.8, 4) is 17.2 Å². The summed E-state index contributed by atoms with van der Waals surface area (Å²) < 4.78 is 36.2. The van der Waals surface area contributed by atoms with E-state index in [1.54, 1.807) is 39.2 Å². The molecule has 3 amide bonds. The molecule has 15 heteroatoms. The first kappa shape index (κ1) is 39.1. The summed E-state index contributed by atoms with van der Waals surface area (Å²) in [5.74, 6) is -1.43. The number of fused-ring (bicyclic) bond motifs is 1. The minimum Gasteiger partial charge on any atom is -0.453 e. The molecule has 6 unspecified atom stereocenters. The fourth-order valence-electron chi connectivity index (χ4n) is 6.33. The highest BCUT2D eigenvalue weighted by Crippen LogP contribution is 2.33. The van der Waals surface area contributed by atoms with Crippen molar-refractivity contribution in [1.82, 2.24) is 26.1 Å². The molecule has 282 valence electrons. The number of hydrazine groups is 1.